The number of methoxy groups -OCH3 is 1. The van der Waals surface area contributed by atoms with Crippen molar-refractivity contribution in [1.29, 1.82) is 0 Å². The van der Waals surface area contributed by atoms with E-state index in [1.807, 2.05) is 0 Å². The molecule has 0 aliphatic heterocycles. The third-order valence-corrected chi connectivity index (χ3v) is 4.80. The molecule has 6 heteroatoms. The molecular weight excluding hydrogens is 298 g/mol. The number of halogens is 1. The summed E-state index contributed by atoms with van der Waals surface area (Å²) < 4.78 is 29.8. The maximum Gasteiger partial charge on any atom is 0.184 e. The van der Waals surface area contributed by atoms with Crippen LogP contribution in [-0.2, 0) is 15.6 Å². The largest absolute Gasteiger partial charge is 0.497 e. The highest BCUT2D eigenvalue weighted by atomic mass is 35.5. The summed E-state index contributed by atoms with van der Waals surface area (Å²) in [5.74, 6) is 0.537. The summed E-state index contributed by atoms with van der Waals surface area (Å²) in [5.41, 5.74) is 6.57. The van der Waals surface area contributed by atoms with Crippen molar-refractivity contribution >= 4 is 27.1 Å². The molecule has 20 heavy (non-hydrogen) atoms. The zero-order chi connectivity index (χ0) is 14.8. The minimum absolute atomic E-state index is 0.0563. The highest BCUT2D eigenvalue weighted by Crippen LogP contribution is 2.26. The van der Waals surface area contributed by atoms with Crippen molar-refractivity contribution in [2.24, 2.45) is 0 Å². The lowest BCUT2D eigenvalue weighted by Crippen LogP contribution is -2.08. The first-order valence-electron chi connectivity index (χ1n) is 5.83. The average molecular weight is 312 g/mol. The molecule has 0 aliphatic rings. The monoisotopic (exact) mass is 311 g/mol. The summed E-state index contributed by atoms with van der Waals surface area (Å²) in [5, 5.41) is 0.340. The molecule has 2 aromatic rings. The van der Waals surface area contributed by atoms with Crippen LogP contribution >= 0.6 is 11.6 Å². The maximum atomic E-state index is 12.4. The minimum atomic E-state index is -3.54. The normalized spacial score (nSPS) is 11.3. The highest BCUT2D eigenvalue weighted by Gasteiger charge is 2.19. The fourth-order valence-electron chi connectivity index (χ4n) is 1.80. The Morgan fingerprint density at radius 1 is 1.15 bits per heavy atom. The van der Waals surface area contributed by atoms with Crippen molar-refractivity contribution < 1.29 is 13.2 Å². The average Bonchev–Trinajstić information content (AvgIpc) is 2.42. The van der Waals surface area contributed by atoms with Crippen LogP contribution < -0.4 is 10.5 Å². The molecule has 0 saturated carbocycles. The Balaban J connectivity index is 2.32. The Morgan fingerprint density at radius 2 is 1.80 bits per heavy atom. The Bertz CT molecular complexity index is 712. The first-order chi connectivity index (χ1) is 9.42. The van der Waals surface area contributed by atoms with E-state index in [2.05, 4.69) is 0 Å². The molecule has 0 aliphatic carbocycles. The van der Waals surface area contributed by atoms with Gasteiger partial charge in [0.2, 0.25) is 0 Å². The molecule has 0 radical (unpaired) electrons. The van der Waals surface area contributed by atoms with Crippen molar-refractivity contribution in [3.05, 3.63) is 53.1 Å². The first-order valence-corrected chi connectivity index (χ1v) is 7.86. The Labute approximate surface area is 123 Å². The molecule has 106 valence electrons. The summed E-state index contributed by atoms with van der Waals surface area (Å²) in [6.07, 6.45) is 0. The topological polar surface area (TPSA) is 69.4 Å². The van der Waals surface area contributed by atoms with Crippen LogP contribution in [0.2, 0.25) is 5.02 Å². The third-order valence-electron chi connectivity index (χ3n) is 2.83. The van der Waals surface area contributed by atoms with E-state index in [1.54, 1.807) is 37.4 Å². The van der Waals surface area contributed by atoms with E-state index in [0.717, 1.165) is 0 Å². The molecule has 0 unspecified atom stereocenters. The van der Waals surface area contributed by atoms with Gasteiger partial charge in [0.05, 0.1) is 23.4 Å². The summed E-state index contributed by atoms with van der Waals surface area (Å²) in [7, 11) is -1.98. The van der Waals surface area contributed by atoms with E-state index in [1.165, 1.54) is 12.1 Å². The fraction of sp³-hybridized carbons (Fsp3) is 0.143. The standard InChI is InChI=1S/C14H14ClNO3S/c1-19-12-5-2-10(3-6-12)9-20(17,18)14-8-11(15)4-7-13(14)16/h2-8H,9,16H2,1H3. The Hall–Kier alpha value is -1.72. The third kappa shape index (κ3) is 3.23. The molecule has 0 amide bonds. The van der Waals surface area contributed by atoms with Crippen LogP contribution in [0.15, 0.2) is 47.4 Å². The zero-order valence-electron chi connectivity index (χ0n) is 10.8. The van der Waals surface area contributed by atoms with Gasteiger partial charge in [-0.1, -0.05) is 23.7 Å². The fourth-order valence-corrected chi connectivity index (χ4v) is 3.55. The molecular formula is C14H14ClNO3S. The number of benzene rings is 2. The predicted octanol–water partition coefficient (Wildman–Crippen LogP) is 2.90. The number of ether oxygens (including phenoxy) is 1. The summed E-state index contributed by atoms with van der Waals surface area (Å²) in [4.78, 5) is 0.0563. The van der Waals surface area contributed by atoms with E-state index in [-0.39, 0.29) is 16.3 Å². The van der Waals surface area contributed by atoms with Crippen LogP contribution in [0, 0.1) is 0 Å². The molecule has 0 aromatic heterocycles. The van der Waals surface area contributed by atoms with Gasteiger partial charge in [-0.25, -0.2) is 8.42 Å². The van der Waals surface area contributed by atoms with Gasteiger partial charge in [-0.2, -0.15) is 0 Å². The van der Waals surface area contributed by atoms with Crippen molar-refractivity contribution in [3.8, 4) is 5.75 Å². The van der Waals surface area contributed by atoms with Crippen LogP contribution in [-0.4, -0.2) is 15.5 Å². The first kappa shape index (κ1) is 14.7. The predicted molar refractivity (Wildman–Crippen MR) is 79.7 cm³/mol. The van der Waals surface area contributed by atoms with E-state index >= 15 is 0 Å². The second-order valence-electron chi connectivity index (χ2n) is 4.29. The van der Waals surface area contributed by atoms with Crippen LogP contribution in [0.3, 0.4) is 0 Å². The molecule has 0 saturated heterocycles. The smallest absolute Gasteiger partial charge is 0.184 e. The number of sulfone groups is 1. The SMILES string of the molecule is COc1ccc(CS(=O)(=O)c2cc(Cl)ccc2N)cc1. The van der Waals surface area contributed by atoms with Gasteiger partial charge in [0.15, 0.2) is 9.84 Å². The van der Waals surface area contributed by atoms with Gasteiger partial charge >= 0.3 is 0 Å². The minimum Gasteiger partial charge on any atom is -0.497 e. The number of hydrogen-bond acceptors (Lipinski definition) is 4. The lowest BCUT2D eigenvalue weighted by Gasteiger charge is -2.08. The number of nitrogen functional groups attached to an aromatic ring is 1. The zero-order valence-corrected chi connectivity index (χ0v) is 12.4. The molecule has 0 fully saturated rings. The number of anilines is 1. The van der Waals surface area contributed by atoms with Crippen molar-refractivity contribution in [3.63, 3.8) is 0 Å². The van der Waals surface area contributed by atoms with E-state index < -0.39 is 9.84 Å². The van der Waals surface area contributed by atoms with Crippen LogP contribution in [0.5, 0.6) is 5.75 Å². The van der Waals surface area contributed by atoms with E-state index in [4.69, 9.17) is 22.1 Å². The van der Waals surface area contributed by atoms with Gasteiger partial charge in [0, 0.05) is 5.02 Å². The van der Waals surface area contributed by atoms with Gasteiger partial charge in [-0.3, -0.25) is 0 Å². The maximum absolute atomic E-state index is 12.4. The lowest BCUT2D eigenvalue weighted by molar-refractivity contribution is 0.414. The van der Waals surface area contributed by atoms with Crippen molar-refractivity contribution in [2.75, 3.05) is 12.8 Å². The van der Waals surface area contributed by atoms with Crippen LogP contribution in [0.25, 0.3) is 0 Å². The Kier molecular flexibility index (Phi) is 4.20. The van der Waals surface area contributed by atoms with Gasteiger partial charge in [-0.05, 0) is 35.9 Å². The lowest BCUT2D eigenvalue weighted by atomic mass is 10.2. The molecule has 2 aromatic carbocycles. The van der Waals surface area contributed by atoms with Crippen molar-refractivity contribution in [1.82, 2.24) is 0 Å². The number of hydrogen-bond donors (Lipinski definition) is 1. The molecule has 4 nitrogen and oxygen atoms in total. The molecule has 2 N–H and O–H groups in total. The van der Waals surface area contributed by atoms with Gasteiger partial charge in [-0.15, -0.1) is 0 Å². The molecule has 0 atom stereocenters. The van der Waals surface area contributed by atoms with E-state index in [9.17, 15) is 8.42 Å². The molecule has 0 spiro atoms. The van der Waals surface area contributed by atoms with Gasteiger partial charge in [0.1, 0.15) is 5.75 Å². The Morgan fingerprint density at radius 3 is 2.40 bits per heavy atom. The van der Waals surface area contributed by atoms with Crippen LogP contribution in [0.1, 0.15) is 5.56 Å². The summed E-state index contributed by atoms with van der Waals surface area (Å²) in [6.45, 7) is 0. The molecule has 0 heterocycles. The molecule has 2 rings (SSSR count). The van der Waals surface area contributed by atoms with Crippen molar-refractivity contribution in [2.45, 2.75) is 10.6 Å². The summed E-state index contributed by atoms with van der Waals surface area (Å²) in [6, 6.07) is 11.3. The second kappa shape index (κ2) is 5.73. The van der Waals surface area contributed by atoms with Crippen LogP contribution in [0.4, 0.5) is 5.69 Å². The molecule has 0 bridgehead atoms. The number of rotatable bonds is 4. The summed E-state index contributed by atoms with van der Waals surface area (Å²) >= 11 is 5.83. The second-order valence-corrected chi connectivity index (χ2v) is 6.68. The van der Waals surface area contributed by atoms with Gasteiger partial charge in [0.25, 0.3) is 0 Å². The van der Waals surface area contributed by atoms with E-state index in [0.29, 0.717) is 16.3 Å². The quantitative estimate of drug-likeness (QED) is 0.881. The van der Waals surface area contributed by atoms with Gasteiger partial charge < -0.3 is 10.5 Å². The highest BCUT2D eigenvalue weighted by molar-refractivity contribution is 7.90. The number of nitrogens with two attached hydrogens (primary N) is 1.